The lowest BCUT2D eigenvalue weighted by atomic mass is 10.0. The van der Waals surface area contributed by atoms with Crippen molar-refractivity contribution in [1.82, 2.24) is 9.55 Å². The standard InChI is InChI=1S/C16H15IN2S/c1-10(2)12-5-3-4-6-14(12)19-15-8-7-11(17)9-13(15)18-16(19)20/h3-10H,1-2H3,(H,18,20). The average molecular weight is 394 g/mol. The van der Waals surface area contributed by atoms with Crippen molar-refractivity contribution in [2.45, 2.75) is 19.8 Å². The van der Waals surface area contributed by atoms with Crippen LogP contribution in [-0.2, 0) is 0 Å². The van der Waals surface area contributed by atoms with Crippen molar-refractivity contribution >= 4 is 45.8 Å². The second-order valence-electron chi connectivity index (χ2n) is 5.14. The van der Waals surface area contributed by atoms with Crippen LogP contribution in [0.3, 0.4) is 0 Å². The van der Waals surface area contributed by atoms with Crippen LogP contribution in [0.1, 0.15) is 25.3 Å². The summed E-state index contributed by atoms with van der Waals surface area (Å²) < 4.78 is 4.08. The van der Waals surface area contributed by atoms with Crippen LogP contribution in [0.5, 0.6) is 0 Å². The van der Waals surface area contributed by atoms with Crippen molar-refractivity contribution in [3.8, 4) is 5.69 Å². The molecule has 1 heterocycles. The summed E-state index contributed by atoms with van der Waals surface area (Å²) in [6.45, 7) is 4.42. The monoisotopic (exact) mass is 394 g/mol. The molecule has 0 aliphatic carbocycles. The number of nitrogens with one attached hydrogen (secondary N) is 1. The van der Waals surface area contributed by atoms with Gasteiger partial charge in [0.05, 0.1) is 16.7 Å². The molecule has 0 saturated heterocycles. The summed E-state index contributed by atoms with van der Waals surface area (Å²) in [5, 5.41) is 0. The van der Waals surface area contributed by atoms with Gasteiger partial charge in [-0.15, -0.1) is 0 Å². The van der Waals surface area contributed by atoms with E-state index < -0.39 is 0 Å². The van der Waals surface area contributed by atoms with Gasteiger partial charge in [-0.25, -0.2) is 0 Å². The summed E-state index contributed by atoms with van der Waals surface area (Å²) in [5.41, 5.74) is 4.69. The van der Waals surface area contributed by atoms with E-state index in [1.54, 1.807) is 0 Å². The van der Waals surface area contributed by atoms with Crippen LogP contribution >= 0.6 is 34.8 Å². The van der Waals surface area contributed by atoms with E-state index in [9.17, 15) is 0 Å². The predicted octanol–water partition coefficient (Wildman–Crippen LogP) is 5.42. The molecule has 0 fully saturated rings. The zero-order valence-corrected chi connectivity index (χ0v) is 14.3. The van der Waals surface area contributed by atoms with Gasteiger partial charge in [0, 0.05) is 3.57 Å². The molecule has 1 N–H and O–H groups in total. The summed E-state index contributed by atoms with van der Waals surface area (Å²) in [4.78, 5) is 3.31. The average Bonchev–Trinajstić information content (AvgIpc) is 2.73. The number of hydrogen-bond acceptors (Lipinski definition) is 1. The molecule has 3 rings (SSSR count). The molecule has 1 aromatic heterocycles. The van der Waals surface area contributed by atoms with E-state index in [1.165, 1.54) is 14.8 Å². The SMILES string of the molecule is CC(C)c1ccccc1-n1c(=S)[nH]c2cc(I)ccc21. The summed E-state index contributed by atoms with van der Waals surface area (Å²) in [5.74, 6) is 0.460. The van der Waals surface area contributed by atoms with Crippen molar-refractivity contribution in [3.63, 3.8) is 0 Å². The van der Waals surface area contributed by atoms with Crippen LogP contribution in [0.2, 0.25) is 0 Å². The molecule has 0 amide bonds. The minimum absolute atomic E-state index is 0.460. The normalized spacial score (nSPS) is 11.4. The van der Waals surface area contributed by atoms with Gasteiger partial charge in [-0.2, -0.15) is 0 Å². The number of aromatic amines is 1. The fourth-order valence-electron chi connectivity index (χ4n) is 2.50. The molecule has 2 aromatic carbocycles. The van der Waals surface area contributed by atoms with Gasteiger partial charge in [0.2, 0.25) is 0 Å². The number of imidazole rings is 1. The van der Waals surface area contributed by atoms with E-state index in [1.807, 2.05) is 0 Å². The maximum absolute atomic E-state index is 5.53. The van der Waals surface area contributed by atoms with Crippen LogP contribution in [-0.4, -0.2) is 9.55 Å². The quantitative estimate of drug-likeness (QED) is 0.455. The molecule has 0 atom stereocenters. The van der Waals surface area contributed by atoms with Gasteiger partial charge >= 0.3 is 0 Å². The number of halogens is 1. The summed E-state index contributed by atoms with van der Waals surface area (Å²) in [6, 6.07) is 14.8. The molecule has 102 valence electrons. The number of H-pyrrole nitrogens is 1. The molecule has 0 aliphatic rings. The second-order valence-corrected chi connectivity index (χ2v) is 6.77. The molecule has 20 heavy (non-hydrogen) atoms. The van der Waals surface area contributed by atoms with E-state index in [0.29, 0.717) is 5.92 Å². The van der Waals surface area contributed by atoms with E-state index in [-0.39, 0.29) is 0 Å². The highest BCUT2D eigenvalue weighted by atomic mass is 127. The van der Waals surface area contributed by atoms with E-state index in [4.69, 9.17) is 12.2 Å². The Bertz CT molecular complexity index is 830. The van der Waals surface area contributed by atoms with Gasteiger partial charge < -0.3 is 4.98 Å². The third kappa shape index (κ3) is 2.31. The first kappa shape index (κ1) is 13.8. The van der Waals surface area contributed by atoms with Crippen molar-refractivity contribution in [2.75, 3.05) is 0 Å². The third-order valence-electron chi connectivity index (χ3n) is 3.44. The van der Waals surface area contributed by atoms with Gasteiger partial charge in [0.25, 0.3) is 0 Å². The van der Waals surface area contributed by atoms with Crippen LogP contribution < -0.4 is 0 Å². The van der Waals surface area contributed by atoms with Crippen molar-refractivity contribution in [1.29, 1.82) is 0 Å². The molecule has 0 unspecified atom stereocenters. The number of benzene rings is 2. The van der Waals surface area contributed by atoms with Gasteiger partial charge in [0.15, 0.2) is 4.77 Å². The maximum atomic E-state index is 5.53. The largest absolute Gasteiger partial charge is 0.330 e. The zero-order valence-electron chi connectivity index (χ0n) is 11.4. The first-order valence-corrected chi connectivity index (χ1v) is 8.06. The van der Waals surface area contributed by atoms with Gasteiger partial charge in [-0.3, -0.25) is 4.57 Å². The predicted molar refractivity (Wildman–Crippen MR) is 95.3 cm³/mol. The van der Waals surface area contributed by atoms with Crippen LogP contribution in [0.15, 0.2) is 42.5 Å². The van der Waals surface area contributed by atoms with Crippen molar-refractivity contribution in [2.24, 2.45) is 0 Å². The number of nitrogens with zero attached hydrogens (tertiary/aromatic N) is 1. The van der Waals surface area contributed by atoms with Crippen LogP contribution in [0.4, 0.5) is 0 Å². The number of hydrogen-bond donors (Lipinski definition) is 1. The second kappa shape index (κ2) is 5.33. The first-order chi connectivity index (χ1) is 9.58. The lowest BCUT2D eigenvalue weighted by Crippen LogP contribution is -2.01. The molecule has 2 nitrogen and oxygen atoms in total. The molecular weight excluding hydrogens is 379 g/mol. The number of aromatic nitrogens is 2. The topological polar surface area (TPSA) is 20.7 Å². The molecule has 3 aromatic rings. The molecule has 4 heteroatoms. The van der Waals surface area contributed by atoms with E-state index in [0.717, 1.165) is 15.8 Å². The zero-order chi connectivity index (χ0) is 14.3. The third-order valence-corrected chi connectivity index (χ3v) is 4.40. The minimum atomic E-state index is 0.460. The van der Waals surface area contributed by atoms with Gasteiger partial charge in [-0.1, -0.05) is 32.0 Å². The number of para-hydroxylation sites is 1. The highest BCUT2D eigenvalue weighted by molar-refractivity contribution is 14.1. The Labute approximate surface area is 137 Å². The molecule has 0 spiro atoms. The lowest BCUT2D eigenvalue weighted by molar-refractivity contribution is 0.848. The number of rotatable bonds is 2. The Kier molecular flexibility index (Phi) is 3.69. The van der Waals surface area contributed by atoms with Gasteiger partial charge in [0.1, 0.15) is 0 Å². The van der Waals surface area contributed by atoms with E-state index >= 15 is 0 Å². The molecule has 0 aliphatic heterocycles. The Morgan fingerprint density at radius 2 is 1.90 bits per heavy atom. The fourth-order valence-corrected chi connectivity index (χ4v) is 3.30. The van der Waals surface area contributed by atoms with Crippen molar-refractivity contribution in [3.05, 3.63) is 56.4 Å². The maximum Gasteiger partial charge on any atom is 0.182 e. The molecular formula is C16H15IN2S. The summed E-state index contributed by atoms with van der Waals surface area (Å²) >= 11 is 7.85. The Balaban J connectivity index is 2.36. The van der Waals surface area contributed by atoms with Crippen molar-refractivity contribution < 1.29 is 0 Å². The molecule has 0 saturated carbocycles. The van der Waals surface area contributed by atoms with E-state index in [2.05, 4.69) is 88.5 Å². The van der Waals surface area contributed by atoms with Crippen LogP contribution in [0, 0.1) is 8.34 Å². The van der Waals surface area contributed by atoms with Crippen LogP contribution in [0.25, 0.3) is 16.7 Å². The molecule has 0 bridgehead atoms. The number of fused-ring (bicyclic) bond motifs is 1. The smallest absolute Gasteiger partial charge is 0.182 e. The lowest BCUT2D eigenvalue weighted by Gasteiger charge is -2.14. The minimum Gasteiger partial charge on any atom is -0.330 e. The highest BCUT2D eigenvalue weighted by Gasteiger charge is 2.12. The first-order valence-electron chi connectivity index (χ1n) is 6.57. The fraction of sp³-hybridized carbons (Fsp3) is 0.188. The Morgan fingerprint density at radius 3 is 2.65 bits per heavy atom. The highest BCUT2D eigenvalue weighted by Crippen LogP contribution is 2.27. The summed E-state index contributed by atoms with van der Waals surface area (Å²) in [6.07, 6.45) is 0. The Morgan fingerprint density at radius 1 is 1.15 bits per heavy atom. The molecule has 0 radical (unpaired) electrons. The van der Waals surface area contributed by atoms with Gasteiger partial charge in [-0.05, 0) is 70.6 Å². The summed E-state index contributed by atoms with van der Waals surface area (Å²) in [7, 11) is 0. The Hall–Kier alpha value is -1.14.